The Balaban J connectivity index is 1.79. The van der Waals surface area contributed by atoms with E-state index in [-0.39, 0.29) is 19.6 Å². The van der Waals surface area contributed by atoms with E-state index in [0.29, 0.717) is 0 Å². The molecule has 0 unspecified atom stereocenters. The molecule has 0 heterocycles. The highest BCUT2D eigenvalue weighted by molar-refractivity contribution is 9.10. The fourth-order valence-corrected chi connectivity index (χ4v) is 2.70. The van der Waals surface area contributed by atoms with Gasteiger partial charge in [-0.05, 0) is 17.2 Å². The Morgan fingerprint density at radius 2 is 1.70 bits per heavy atom. The van der Waals surface area contributed by atoms with Crippen LogP contribution in [0.2, 0.25) is 0 Å². The third kappa shape index (κ3) is 7.10. The van der Waals surface area contributed by atoms with Crippen LogP contribution in [0.3, 0.4) is 0 Å². The summed E-state index contributed by atoms with van der Waals surface area (Å²) in [5.41, 5.74) is 1.57. The summed E-state index contributed by atoms with van der Waals surface area (Å²) in [6.07, 6.45) is -0.646. The van der Waals surface area contributed by atoms with Crippen LogP contribution in [0.1, 0.15) is 11.1 Å². The number of hydrogen-bond acceptors (Lipinski definition) is 4. The third-order valence-corrected chi connectivity index (χ3v) is 4.39. The van der Waals surface area contributed by atoms with E-state index in [9.17, 15) is 19.5 Å². The molecule has 0 spiro atoms. The van der Waals surface area contributed by atoms with Crippen molar-refractivity contribution in [1.82, 2.24) is 10.6 Å². The van der Waals surface area contributed by atoms with Gasteiger partial charge in [0.15, 0.2) is 0 Å². The zero-order valence-corrected chi connectivity index (χ0v) is 15.9. The minimum Gasteiger partial charge on any atom is -0.480 e. The number of nitrogens with one attached hydrogen (secondary N) is 2. The number of alkyl carbamates (subject to hydrolysis) is 1. The Morgan fingerprint density at radius 1 is 1.04 bits per heavy atom. The van der Waals surface area contributed by atoms with Crippen LogP contribution < -0.4 is 10.6 Å². The normalized spacial score (nSPS) is 11.3. The molecule has 2 aromatic rings. The Hall–Kier alpha value is -2.87. The number of halogens is 1. The Labute approximate surface area is 164 Å². The summed E-state index contributed by atoms with van der Waals surface area (Å²) in [7, 11) is 0. The van der Waals surface area contributed by atoms with E-state index in [0.717, 1.165) is 15.6 Å². The number of carboxylic acid groups (broad SMARTS) is 1. The highest BCUT2D eigenvalue weighted by Crippen LogP contribution is 2.17. The van der Waals surface area contributed by atoms with E-state index in [2.05, 4.69) is 26.6 Å². The van der Waals surface area contributed by atoms with Gasteiger partial charge in [0.2, 0.25) is 5.91 Å². The number of carboxylic acids is 1. The van der Waals surface area contributed by atoms with Crippen molar-refractivity contribution in [2.75, 3.05) is 6.54 Å². The quantitative estimate of drug-likeness (QED) is 0.591. The standard InChI is InChI=1S/C19H19BrN2O5/c20-15-9-5-4-8-14(15)10-16(18(24)25)22-17(23)11-21-19(26)27-12-13-6-2-1-3-7-13/h1-9,16H,10-12H2,(H,21,26)(H,22,23)(H,24,25)/t16-/m0/s1. The van der Waals surface area contributed by atoms with Gasteiger partial charge in [-0.15, -0.1) is 0 Å². The van der Waals surface area contributed by atoms with Gasteiger partial charge in [-0.1, -0.05) is 64.5 Å². The lowest BCUT2D eigenvalue weighted by Gasteiger charge is -2.15. The molecule has 0 aliphatic heterocycles. The molecule has 27 heavy (non-hydrogen) atoms. The van der Waals surface area contributed by atoms with Gasteiger partial charge in [0, 0.05) is 10.9 Å². The average molecular weight is 435 g/mol. The first-order valence-electron chi connectivity index (χ1n) is 8.16. The minimum absolute atomic E-state index is 0.0775. The number of rotatable bonds is 8. The summed E-state index contributed by atoms with van der Waals surface area (Å²) in [4.78, 5) is 35.0. The first-order valence-corrected chi connectivity index (χ1v) is 8.95. The molecule has 2 aromatic carbocycles. The number of aliphatic carboxylic acids is 1. The van der Waals surface area contributed by atoms with Crippen molar-refractivity contribution < 1.29 is 24.2 Å². The lowest BCUT2D eigenvalue weighted by molar-refractivity contribution is -0.141. The predicted molar refractivity (Wildman–Crippen MR) is 102 cm³/mol. The smallest absolute Gasteiger partial charge is 0.407 e. The molecule has 8 heteroatoms. The van der Waals surface area contributed by atoms with Gasteiger partial charge in [-0.2, -0.15) is 0 Å². The second kappa shape index (κ2) is 10.3. The van der Waals surface area contributed by atoms with Gasteiger partial charge < -0.3 is 20.5 Å². The van der Waals surface area contributed by atoms with Gasteiger partial charge in [0.05, 0.1) is 0 Å². The van der Waals surface area contributed by atoms with Crippen molar-refractivity contribution in [3.8, 4) is 0 Å². The van der Waals surface area contributed by atoms with Gasteiger partial charge in [0.1, 0.15) is 19.2 Å². The summed E-state index contributed by atoms with van der Waals surface area (Å²) < 4.78 is 5.75. The van der Waals surface area contributed by atoms with Crippen LogP contribution in [-0.4, -0.2) is 35.7 Å². The second-order valence-electron chi connectivity index (χ2n) is 5.67. The van der Waals surface area contributed by atoms with E-state index < -0.39 is 24.0 Å². The molecule has 0 aliphatic rings. The fourth-order valence-electron chi connectivity index (χ4n) is 2.26. The average Bonchev–Trinajstić information content (AvgIpc) is 2.66. The number of carbonyl (C=O) groups is 3. The summed E-state index contributed by atoms with van der Waals surface area (Å²) in [6.45, 7) is -0.304. The zero-order chi connectivity index (χ0) is 19.6. The molecule has 1 atom stereocenters. The molecule has 2 amide bonds. The minimum atomic E-state index is -1.16. The van der Waals surface area contributed by atoms with E-state index in [1.807, 2.05) is 24.3 Å². The Morgan fingerprint density at radius 3 is 2.37 bits per heavy atom. The topological polar surface area (TPSA) is 105 Å². The lowest BCUT2D eigenvalue weighted by Crippen LogP contribution is -2.46. The van der Waals surface area contributed by atoms with Crippen molar-refractivity contribution in [1.29, 1.82) is 0 Å². The number of ether oxygens (including phenoxy) is 1. The molecule has 0 radical (unpaired) electrons. The van der Waals surface area contributed by atoms with Gasteiger partial charge in [-0.3, -0.25) is 4.79 Å². The maximum absolute atomic E-state index is 12.0. The highest BCUT2D eigenvalue weighted by atomic mass is 79.9. The van der Waals surface area contributed by atoms with Crippen molar-refractivity contribution in [3.63, 3.8) is 0 Å². The lowest BCUT2D eigenvalue weighted by atomic mass is 10.1. The Bertz CT molecular complexity index is 798. The van der Waals surface area contributed by atoms with Crippen LogP contribution in [0.5, 0.6) is 0 Å². The van der Waals surface area contributed by atoms with Gasteiger partial charge in [0.25, 0.3) is 0 Å². The summed E-state index contributed by atoms with van der Waals surface area (Å²) >= 11 is 3.35. The molecule has 0 saturated carbocycles. The maximum Gasteiger partial charge on any atom is 0.407 e. The number of hydrogen-bond donors (Lipinski definition) is 3. The molecule has 0 aliphatic carbocycles. The zero-order valence-electron chi connectivity index (χ0n) is 14.4. The second-order valence-corrected chi connectivity index (χ2v) is 6.52. The first kappa shape index (κ1) is 20.4. The Kier molecular flexibility index (Phi) is 7.81. The predicted octanol–water partition coefficient (Wildman–Crippen LogP) is 2.49. The number of carbonyl (C=O) groups excluding carboxylic acids is 2. The molecule has 0 fully saturated rings. The van der Waals surface area contributed by atoms with Crippen molar-refractivity contribution in [3.05, 3.63) is 70.2 Å². The molecule has 142 valence electrons. The SMILES string of the molecule is O=C(CNC(=O)OCc1ccccc1)N[C@@H](Cc1ccccc1Br)C(=O)O. The molecule has 0 bridgehead atoms. The number of amides is 2. The number of benzene rings is 2. The molecular weight excluding hydrogens is 416 g/mol. The molecule has 0 saturated heterocycles. The molecule has 7 nitrogen and oxygen atoms in total. The van der Waals surface area contributed by atoms with Gasteiger partial charge in [-0.25, -0.2) is 9.59 Å². The summed E-state index contributed by atoms with van der Waals surface area (Å²) in [6, 6.07) is 15.1. The van der Waals surface area contributed by atoms with Crippen LogP contribution in [0.15, 0.2) is 59.1 Å². The highest BCUT2D eigenvalue weighted by Gasteiger charge is 2.21. The summed E-state index contributed by atoms with van der Waals surface area (Å²) in [5, 5.41) is 14.0. The molecular formula is C19H19BrN2O5. The largest absolute Gasteiger partial charge is 0.480 e. The van der Waals surface area contributed by atoms with E-state index in [1.165, 1.54) is 0 Å². The van der Waals surface area contributed by atoms with Gasteiger partial charge >= 0.3 is 12.1 Å². The first-order chi connectivity index (χ1) is 13.0. The summed E-state index contributed by atoms with van der Waals surface area (Å²) in [5.74, 6) is -1.78. The van der Waals surface area contributed by atoms with Crippen molar-refractivity contribution >= 4 is 33.9 Å². The van der Waals surface area contributed by atoms with Crippen LogP contribution in [0.4, 0.5) is 4.79 Å². The van der Waals surface area contributed by atoms with Crippen LogP contribution in [0, 0.1) is 0 Å². The van der Waals surface area contributed by atoms with E-state index in [4.69, 9.17) is 4.74 Å². The maximum atomic E-state index is 12.0. The fraction of sp³-hybridized carbons (Fsp3) is 0.211. The van der Waals surface area contributed by atoms with Crippen molar-refractivity contribution in [2.24, 2.45) is 0 Å². The van der Waals surface area contributed by atoms with E-state index >= 15 is 0 Å². The third-order valence-electron chi connectivity index (χ3n) is 3.62. The van der Waals surface area contributed by atoms with E-state index in [1.54, 1.807) is 30.3 Å². The molecule has 3 N–H and O–H groups in total. The molecule has 2 rings (SSSR count). The van der Waals surface area contributed by atoms with Crippen molar-refractivity contribution in [2.45, 2.75) is 19.1 Å². The van der Waals surface area contributed by atoms with Crippen LogP contribution in [-0.2, 0) is 27.4 Å². The molecule has 0 aromatic heterocycles. The monoisotopic (exact) mass is 434 g/mol. The van der Waals surface area contributed by atoms with Crippen LogP contribution in [0.25, 0.3) is 0 Å². The van der Waals surface area contributed by atoms with Crippen LogP contribution >= 0.6 is 15.9 Å².